The van der Waals surface area contributed by atoms with Gasteiger partial charge in [0.1, 0.15) is 0 Å². The van der Waals surface area contributed by atoms with Crippen LogP contribution in [-0.2, 0) is 5.54 Å². The van der Waals surface area contributed by atoms with Crippen molar-refractivity contribution in [3.8, 4) is 11.5 Å². The first-order chi connectivity index (χ1) is 8.98. The second-order valence-electron chi connectivity index (χ2n) is 4.44. The predicted octanol–water partition coefficient (Wildman–Crippen LogP) is 4.02. The molecule has 0 bridgehead atoms. The second-order valence-corrected chi connectivity index (χ2v) is 5.32. The molecule has 0 aliphatic carbocycles. The van der Waals surface area contributed by atoms with Gasteiger partial charge in [0.05, 0.1) is 5.54 Å². The fraction of sp³-hybridized carbons (Fsp3) is 0.385. The Morgan fingerprint density at radius 1 is 1.16 bits per heavy atom. The number of aromatic nitrogens is 2. The number of halogens is 2. The van der Waals surface area contributed by atoms with Crippen LogP contribution in [0.4, 0.5) is 0 Å². The summed E-state index contributed by atoms with van der Waals surface area (Å²) in [6.07, 6.45) is 1.47. The van der Waals surface area contributed by atoms with Gasteiger partial charge in [-0.15, -0.1) is 0 Å². The highest BCUT2D eigenvalue weighted by Gasteiger charge is 2.29. The smallest absolute Gasteiger partial charge is 0.258 e. The molecule has 0 fully saturated rings. The van der Waals surface area contributed by atoms with Crippen molar-refractivity contribution in [3.05, 3.63) is 34.1 Å². The first-order valence-corrected chi connectivity index (χ1v) is 6.83. The molecule has 19 heavy (non-hydrogen) atoms. The lowest BCUT2D eigenvalue weighted by molar-refractivity contribution is 0.350. The van der Waals surface area contributed by atoms with E-state index in [9.17, 15) is 0 Å². The third-order valence-corrected chi connectivity index (χ3v) is 3.68. The van der Waals surface area contributed by atoms with Crippen molar-refractivity contribution >= 4 is 23.2 Å². The highest BCUT2D eigenvalue weighted by atomic mass is 35.5. The molecule has 102 valence electrons. The molecule has 2 rings (SSSR count). The monoisotopic (exact) mass is 299 g/mol. The quantitative estimate of drug-likeness (QED) is 0.926. The Bertz CT molecular complexity index is 559. The first-order valence-electron chi connectivity index (χ1n) is 6.08. The maximum absolute atomic E-state index is 6.23. The van der Waals surface area contributed by atoms with Gasteiger partial charge < -0.3 is 10.3 Å². The van der Waals surface area contributed by atoms with Crippen LogP contribution in [0.25, 0.3) is 11.5 Å². The average molecular weight is 300 g/mol. The predicted molar refractivity (Wildman–Crippen MR) is 76.2 cm³/mol. The zero-order valence-corrected chi connectivity index (χ0v) is 12.3. The third-order valence-electron chi connectivity index (χ3n) is 3.24. The van der Waals surface area contributed by atoms with E-state index >= 15 is 0 Å². The van der Waals surface area contributed by atoms with E-state index < -0.39 is 5.54 Å². The summed E-state index contributed by atoms with van der Waals surface area (Å²) >= 11 is 11.9. The molecule has 4 nitrogen and oxygen atoms in total. The van der Waals surface area contributed by atoms with Crippen molar-refractivity contribution < 1.29 is 4.52 Å². The van der Waals surface area contributed by atoms with Crippen molar-refractivity contribution in [2.45, 2.75) is 32.2 Å². The molecule has 0 aliphatic rings. The molecule has 1 aromatic carbocycles. The van der Waals surface area contributed by atoms with E-state index in [0.717, 1.165) is 12.8 Å². The van der Waals surface area contributed by atoms with Crippen LogP contribution in [0.1, 0.15) is 32.5 Å². The van der Waals surface area contributed by atoms with Gasteiger partial charge in [0.25, 0.3) is 5.89 Å². The molecule has 1 aromatic heterocycles. The van der Waals surface area contributed by atoms with E-state index in [4.69, 9.17) is 33.5 Å². The Morgan fingerprint density at radius 3 is 2.26 bits per heavy atom. The third kappa shape index (κ3) is 2.91. The highest BCUT2D eigenvalue weighted by molar-refractivity contribution is 6.35. The fourth-order valence-electron chi connectivity index (χ4n) is 1.79. The highest BCUT2D eigenvalue weighted by Crippen LogP contribution is 2.29. The molecular weight excluding hydrogens is 285 g/mol. The largest absolute Gasteiger partial charge is 0.334 e. The number of hydrogen-bond donors (Lipinski definition) is 1. The van der Waals surface area contributed by atoms with Gasteiger partial charge in [-0.25, -0.2) is 0 Å². The van der Waals surface area contributed by atoms with E-state index in [2.05, 4.69) is 10.1 Å². The Labute approximate surface area is 121 Å². The van der Waals surface area contributed by atoms with Crippen molar-refractivity contribution in [1.82, 2.24) is 10.1 Å². The normalized spacial score (nSPS) is 11.8. The van der Waals surface area contributed by atoms with Crippen molar-refractivity contribution in [2.75, 3.05) is 0 Å². The standard InChI is InChI=1S/C13H15Cl2N3O/c1-3-13(16,4-2)12-17-11(19-18-12)8-5-9(14)7-10(15)6-8/h5-7H,3-4,16H2,1-2H3. The molecule has 0 unspecified atom stereocenters. The van der Waals surface area contributed by atoms with E-state index in [-0.39, 0.29) is 0 Å². The van der Waals surface area contributed by atoms with Crippen LogP contribution in [0, 0.1) is 0 Å². The molecule has 6 heteroatoms. The van der Waals surface area contributed by atoms with Gasteiger partial charge in [-0.05, 0) is 31.0 Å². The van der Waals surface area contributed by atoms with Crippen molar-refractivity contribution in [1.29, 1.82) is 0 Å². The van der Waals surface area contributed by atoms with Crippen LogP contribution in [0.15, 0.2) is 22.7 Å². The summed E-state index contributed by atoms with van der Waals surface area (Å²) in [5.41, 5.74) is 6.35. The minimum atomic E-state index is -0.565. The molecule has 0 aliphatic heterocycles. The zero-order chi connectivity index (χ0) is 14.0. The molecule has 0 atom stereocenters. The van der Waals surface area contributed by atoms with Gasteiger partial charge in [0.15, 0.2) is 5.82 Å². The number of hydrogen-bond acceptors (Lipinski definition) is 4. The summed E-state index contributed by atoms with van der Waals surface area (Å²) in [5, 5.41) is 5.01. The molecular formula is C13H15Cl2N3O. The van der Waals surface area contributed by atoms with Crippen LogP contribution in [-0.4, -0.2) is 10.1 Å². The minimum Gasteiger partial charge on any atom is -0.334 e. The minimum absolute atomic E-state index is 0.371. The number of nitrogens with two attached hydrogens (primary N) is 1. The summed E-state index contributed by atoms with van der Waals surface area (Å²) in [5.74, 6) is 0.875. The zero-order valence-electron chi connectivity index (χ0n) is 10.8. The summed E-state index contributed by atoms with van der Waals surface area (Å²) in [6, 6.07) is 5.09. The number of nitrogens with zero attached hydrogens (tertiary/aromatic N) is 2. The molecule has 0 radical (unpaired) electrons. The summed E-state index contributed by atoms with van der Waals surface area (Å²) < 4.78 is 5.25. The van der Waals surface area contributed by atoms with Gasteiger partial charge in [-0.1, -0.05) is 42.2 Å². The maximum atomic E-state index is 6.23. The molecule has 0 saturated carbocycles. The Morgan fingerprint density at radius 2 is 1.74 bits per heavy atom. The van der Waals surface area contributed by atoms with Gasteiger partial charge >= 0.3 is 0 Å². The Kier molecular flexibility index (Phi) is 4.13. The maximum Gasteiger partial charge on any atom is 0.258 e. The van der Waals surface area contributed by atoms with E-state index in [1.807, 2.05) is 13.8 Å². The first kappa shape index (κ1) is 14.3. The van der Waals surface area contributed by atoms with Gasteiger partial charge in [-0.2, -0.15) is 4.98 Å². The molecule has 0 amide bonds. The summed E-state index contributed by atoms with van der Waals surface area (Å²) in [6.45, 7) is 3.99. The fourth-order valence-corrected chi connectivity index (χ4v) is 2.31. The Balaban J connectivity index is 2.40. The number of rotatable bonds is 4. The molecule has 1 heterocycles. The van der Waals surface area contributed by atoms with Gasteiger partial charge in [0.2, 0.25) is 0 Å². The Hall–Kier alpha value is -1.10. The van der Waals surface area contributed by atoms with Crippen LogP contribution in [0.5, 0.6) is 0 Å². The molecule has 0 saturated heterocycles. The van der Waals surface area contributed by atoms with Gasteiger partial charge in [-0.3, -0.25) is 0 Å². The lowest BCUT2D eigenvalue weighted by Crippen LogP contribution is -2.36. The lowest BCUT2D eigenvalue weighted by Gasteiger charge is -2.21. The summed E-state index contributed by atoms with van der Waals surface area (Å²) in [4.78, 5) is 4.36. The van der Waals surface area contributed by atoms with Crippen LogP contribution in [0.2, 0.25) is 10.0 Å². The molecule has 2 N–H and O–H groups in total. The average Bonchev–Trinajstić information content (AvgIpc) is 2.87. The van der Waals surface area contributed by atoms with E-state index in [1.54, 1.807) is 18.2 Å². The summed E-state index contributed by atoms with van der Waals surface area (Å²) in [7, 11) is 0. The van der Waals surface area contributed by atoms with Crippen molar-refractivity contribution in [2.24, 2.45) is 5.73 Å². The molecule has 0 spiro atoms. The second kappa shape index (κ2) is 5.49. The van der Waals surface area contributed by atoms with E-state index in [0.29, 0.717) is 27.3 Å². The SMILES string of the molecule is CCC(N)(CC)c1noc(-c2cc(Cl)cc(Cl)c2)n1. The lowest BCUT2D eigenvalue weighted by atomic mass is 9.93. The van der Waals surface area contributed by atoms with Crippen LogP contribution >= 0.6 is 23.2 Å². The van der Waals surface area contributed by atoms with E-state index in [1.165, 1.54) is 0 Å². The topological polar surface area (TPSA) is 64.9 Å². The van der Waals surface area contributed by atoms with Crippen molar-refractivity contribution in [3.63, 3.8) is 0 Å². The molecule has 2 aromatic rings. The van der Waals surface area contributed by atoms with Crippen LogP contribution < -0.4 is 5.73 Å². The van der Waals surface area contributed by atoms with Crippen LogP contribution in [0.3, 0.4) is 0 Å². The number of benzene rings is 1. The van der Waals surface area contributed by atoms with Gasteiger partial charge in [0, 0.05) is 15.6 Å².